The summed E-state index contributed by atoms with van der Waals surface area (Å²) >= 11 is 0. The van der Waals surface area contributed by atoms with Crippen molar-refractivity contribution in [3.05, 3.63) is 0 Å². The Bertz CT molecular complexity index is 1120. The lowest BCUT2D eigenvalue weighted by molar-refractivity contribution is -0.254. The SMILES string of the molecule is C[C@H]1C(O[C@@H]2CC[C@@]3(C)C(C2)C[C@@H](O)C2C3CC[C@@]3(C)C2CCC3[C@H](C)CCC(=O)O)CC2O[C@@](C)(O)CCC3C2C1CC[C@H]3C. The van der Waals surface area contributed by atoms with Gasteiger partial charge in [-0.25, -0.2) is 0 Å². The van der Waals surface area contributed by atoms with Crippen LogP contribution >= 0.6 is 0 Å². The van der Waals surface area contributed by atoms with Crippen molar-refractivity contribution in [1.82, 2.24) is 0 Å². The van der Waals surface area contributed by atoms with Crippen LogP contribution in [0, 0.1) is 75.9 Å². The second kappa shape index (κ2) is 12.3. The summed E-state index contributed by atoms with van der Waals surface area (Å²) in [6.07, 6.45) is 15.6. The molecule has 6 aliphatic carbocycles. The Balaban J connectivity index is 1.03. The van der Waals surface area contributed by atoms with Crippen LogP contribution in [0.5, 0.6) is 0 Å². The van der Waals surface area contributed by atoms with Gasteiger partial charge in [0.15, 0.2) is 5.79 Å². The van der Waals surface area contributed by atoms with E-state index in [9.17, 15) is 20.1 Å². The third kappa shape index (κ3) is 5.63. The maximum atomic E-state index is 11.9. The van der Waals surface area contributed by atoms with Crippen molar-refractivity contribution in [2.45, 2.75) is 168 Å². The predicted octanol–water partition coefficient (Wildman–Crippen LogP) is 8.08. The number of hydrogen-bond donors (Lipinski definition) is 3. The smallest absolute Gasteiger partial charge is 0.303 e. The Labute approximate surface area is 279 Å². The lowest BCUT2D eigenvalue weighted by Crippen LogP contribution is -2.59. The zero-order chi connectivity index (χ0) is 32.8. The number of aliphatic carboxylic acids is 1. The standard InChI is InChI=1S/C40H66O6/c1-22-7-9-28-24(3)33(21-34-36(28)27(22)14-18-40(6,44)46-34)45-26-13-16-38(4)25(19-26)20-32(41)37-30-11-10-29(23(2)8-12-35(42)43)39(30,5)17-15-31(37)38/h22-34,36-37,41,44H,7-21H2,1-6H3,(H,42,43)/t22-,23-,24-,25?,26-,27?,28?,29?,30?,31?,32-,33?,34?,36?,37?,38+,39-,40-/m1/s1. The maximum Gasteiger partial charge on any atom is 0.303 e. The van der Waals surface area contributed by atoms with Gasteiger partial charge in [0.1, 0.15) is 0 Å². The fraction of sp³-hybridized carbons (Fsp3) is 0.975. The van der Waals surface area contributed by atoms with Crippen molar-refractivity contribution in [2.24, 2.45) is 75.9 Å². The number of aliphatic hydroxyl groups is 2. The maximum absolute atomic E-state index is 11.9. The van der Waals surface area contributed by atoms with Gasteiger partial charge >= 0.3 is 5.97 Å². The minimum absolute atomic E-state index is 0.0844. The van der Waals surface area contributed by atoms with Gasteiger partial charge in [-0.3, -0.25) is 4.79 Å². The topological polar surface area (TPSA) is 96.2 Å². The van der Waals surface area contributed by atoms with E-state index in [1.54, 1.807) is 0 Å². The van der Waals surface area contributed by atoms with Crippen LogP contribution < -0.4 is 0 Å². The van der Waals surface area contributed by atoms with E-state index in [0.29, 0.717) is 65.1 Å². The predicted molar refractivity (Wildman–Crippen MR) is 179 cm³/mol. The van der Waals surface area contributed by atoms with Gasteiger partial charge in [0.25, 0.3) is 0 Å². The van der Waals surface area contributed by atoms with Crippen LogP contribution in [0.3, 0.4) is 0 Å². The molecule has 7 aliphatic rings. The van der Waals surface area contributed by atoms with Crippen LogP contribution in [0.2, 0.25) is 0 Å². The van der Waals surface area contributed by atoms with Crippen LogP contribution in [0.15, 0.2) is 0 Å². The van der Waals surface area contributed by atoms with E-state index >= 15 is 0 Å². The molecule has 1 heterocycles. The fourth-order valence-corrected chi connectivity index (χ4v) is 14.3. The summed E-state index contributed by atoms with van der Waals surface area (Å²) in [5.41, 5.74) is 0.483. The van der Waals surface area contributed by atoms with Crippen LogP contribution in [0.4, 0.5) is 0 Å². The van der Waals surface area contributed by atoms with E-state index in [0.717, 1.165) is 44.9 Å². The first-order valence-electron chi connectivity index (χ1n) is 19.7. The Morgan fingerprint density at radius 2 is 1.61 bits per heavy atom. The second-order valence-corrected chi connectivity index (χ2v) is 18.9. The molecule has 3 N–H and O–H groups in total. The molecule has 18 atom stereocenters. The van der Waals surface area contributed by atoms with E-state index in [2.05, 4.69) is 34.6 Å². The van der Waals surface area contributed by atoms with Crippen LogP contribution in [0.25, 0.3) is 0 Å². The molecule has 0 aromatic heterocycles. The van der Waals surface area contributed by atoms with Gasteiger partial charge in [0, 0.05) is 19.3 Å². The summed E-state index contributed by atoms with van der Waals surface area (Å²) in [7, 11) is 0. The molecular formula is C40H66O6. The highest BCUT2D eigenvalue weighted by Gasteiger charge is 2.63. The molecule has 6 nitrogen and oxygen atoms in total. The van der Waals surface area contributed by atoms with Gasteiger partial charge in [-0.2, -0.15) is 0 Å². The first-order chi connectivity index (χ1) is 21.7. The molecule has 262 valence electrons. The highest BCUT2D eigenvalue weighted by atomic mass is 16.6. The number of fused-ring (bicyclic) bond motifs is 5. The molecular weight excluding hydrogens is 576 g/mol. The van der Waals surface area contributed by atoms with Crippen molar-refractivity contribution in [3.63, 3.8) is 0 Å². The van der Waals surface area contributed by atoms with E-state index in [1.165, 1.54) is 44.9 Å². The minimum Gasteiger partial charge on any atom is -0.481 e. The number of carbonyl (C=O) groups is 1. The van der Waals surface area contributed by atoms with E-state index < -0.39 is 11.8 Å². The molecule has 0 aromatic rings. The molecule has 0 bridgehead atoms. The Kier molecular flexibility index (Phi) is 9.01. The van der Waals surface area contributed by atoms with E-state index in [-0.39, 0.29) is 41.7 Å². The zero-order valence-corrected chi connectivity index (χ0v) is 29.8. The summed E-state index contributed by atoms with van der Waals surface area (Å²) in [6, 6.07) is 0. The van der Waals surface area contributed by atoms with Crippen molar-refractivity contribution in [1.29, 1.82) is 0 Å². The molecule has 0 aromatic carbocycles. The number of carboxylic acid groups (broad SMARTS) is 1. The molecule has 1 aliphatic heterocycles. The molecule has 6 heteroatoms. The second-order valence-electron chi connectivity index (χ2n) is 18.9. The van der Waals surface area contributed by atoms with Crippen molar-refractivity contribution in [3.8, 4) is 0 Å². The van der Waals surface area contributed by atoms with Gasteiger partial charge in [0.2, 0.25) is 0 Å². The first kappa shape index (κ1) is 33.8. The molecule has 10 unspecified atom stereocenters. The highest BCUT2D eigenvalue weighted by Crippen LogP contribution is 2.68. The van der Waals surface area contributed by atoms with Gasteiger partial charge in [-0.1, -0.05) is 41.0 Å². The average molecular weight is 643 g/mol. The number of carboxylic acids is 1. The van der Waals surface area contributed by atoms with Crippen molar-refractivity contribution >= 4 is 5.97 Å². The molecule has 0 spiro atoms. The molecule has 7 rings (SSSR count). The summed E-state index contributed by atoms with van der Waals surface area (Å²) in [5.74, 6) is 4.31. The van der Waals surface area contributed by atoms with Gasteiger partial charge in [0.05, 0.1) is 24.4 Å². The highest BCUT2D eigenvalue weighted by molar-refractivity contribution is 5.66. The monoisotopic (exact) mass is 642 g/mol. The summed E-state index contributed by atoms with van der Waals surface area (Å²) in [4.78, 5) is 11.3. The normalized spacial score (nSPS) is 55.7. The lowest BCUT2D eigenvalue weighted by atomic mass is 9.43. The van der Waals surface area contributed by atoms with Gasteiger partial charge in [-0.05, 0) is 153 Å². The first-order valence-corrected chi connectivity index (χ1v) is 19.7. The Hall–Kier alpha value is -0.690. The molecule has 46 heavy (non-hydrogen) atoms. The number of ether oxygens (including phenoxy) is 2. The lowest BCUT2D eigenvalue weighted by Gasteiger charge is -2.63. The summed E-state index contributed by atoms with van der Waals surface area (Å²) in [6.45, 7) is 14.1. The summed E-state index contributed by atoms with van der Waals surface area (Å²) < 4.78 is 13.7. The summed E-state index contributed by atoms with van der Waals surface area (Å²) in [5, 5.41) is 32.4. The largest absolute Gasteiger partial charge is 0.481 e. The van der Waals surface area contributed by atoms with Crippen LogP contribution in [-0.4, -0.2) is 51.5 Å². The molecule has 0 amide bonds. The Morgan fingerprint density at radius 1 is 0.870 bits per heavy atom. The molecule has 7 fully saturated rings. The van der Waals surface area contributed by atoms with Crippen molar-refractivity contribution < 1.29 is 29.6 Å². The fourth-order valence-electron chi connectivity index (χ4n) is 14.3. The Morgan fingerprint density at radius 3 is 2.37 bits per heavy atom. The molecule has 1 saturated heterocycles. The number of rotatable bonds is 6. The minimum atomic E-state index is -1.04. The number of aliphatic hydroxyl groups excluding tert-OH is 1. The van der Waals surface area contributed by atoms with Gasteiger partial charge in [-0.15, -0.1) is 0 Å². The third-order valence-electron chi connectivity index (χ3n) is 16.8. The third-order valence-corrected chi connectivity index (χ3v) is 16.8. The van der Waals surface area contributed by atoms with E-state index in [1.807, 2.05) is 6.92 Å². The molecule has 6 saturated carbocycles. The van der Waals surface area contributed by atoms with Gasteiger partial charge < -0.3 is 24.8 Å². The molecule has 0 radical (unpaired) electrons. The average Bonchev–Trinajstić information content (AvgIpc) is 3.28. The van der Waals surface area contributed by atoms with Crippen LogP contribution in [-0.2, 0) is 14.3 Å². The quantitative estimate of drug-likeness (QED) is 0.271. The van der Waals surface area contributed by atoms with E-state index in [4.69, 9.17) is 9.47 Å². The number of hydrogen-bond acceptors (Lipinski definition) is 5. The van der Waals surface area contributed by atoms with Crippen molar-refractivity contribution in [2.75, 3.05) is 0 Å². The van der Waals surface area contributed by atoms with Crippen LogP contribution in [0.1, 0.15) is 138 Å². The zero-order valence-electron chi connectivity index (χ0n) is 29.8.